The zero-order valence-corrected chi connectivity index (χ0v) is 8.78. The molecule has 1 aliphatic rings. The Morgan fingerprint density at radius 3 is 3.00 bits per heavy atom. The summed E-state index contributed by atoms with van der Waals surface area (Å²) < 4.78 is 6.19. The molecule has 0 fully saturated rings. The lowest BCUT2D eigenvalue weighted by Crippen LogP contribution is -1.97. The lowest BCUT2D eigenvalue weighted by Gasteiger charge is -2.08. The quantitative estimate of drug-likeness (QED) is 0.758. The fourth-order valence-corrected chi connectivity index (χ4v) is 1.58. The molecule has 0 aromatic carbocycles. The topological polar surface area (TPSA) is 38.9 Å². The fourth-order valence-electron chi connectivity index (χ4n) is 1.24. The molecule has 0 radical (unpaired) electrons. The summed E-state index contributed by atoms with van der Waals surface area (Å²) in [6.45, 7) is 1.82. The Morgan fingerprint density at radius 1 is 1.62 bits per heavy atom. The van der Waals surface area contributed by atoms with Crippen molar-refractivity contribution in [1.82, 2.24) is 10.1 Å². The van der Waals surface area contributed by atoms with Gasteiger partial charge in [-0.25, -0.2) is 0 Å². The highest BCUT2D eigenvalue weighted by atomic mass is 79.9. The van der Waals surface area contributed by atoms with Crippen LogP contribution in [0.4, 0.5) is 0 Å². The zero-order valence-electron chi connectivity index (χ0n) is 7.20. The number of halogens is 1. The summed E-state index contributed by atoms with van der Waals surface area (Å²) in [5.74, 6) is 1.63. The van der Waals surface area contributed by atoms with E-state index in [1.165, 1.54) is 0 Å². The molecule has 0 saturated carbocycles. The summed E-state index contributed by atoms with van der Waals surface area (Å²) >= 11 is 3.40. The van der Waals surface area contributed by atoms with Crippen molar-refractivity contribution in [3.63, 3.8) is 0 Å². The maximum atomic E-state index is 5.08. The molecule has 1 aliphatic carbocycles. The number of nitrogens with zero attached hydrogens (tertiary/aromatic N) is 2. The van der Waals surface area contributed by atoms with Crippen molar-refractivity contribution in [3.8, 4) is 0 Å². The Labute approximate surface area is 84.7 Å². The van der Waals surface area contributed by atoms with Crippen molar-refractivity contribution >= 4 is 15.9 Å². The number of rotatable bonds is 1. The highest BCUT2D eigenvalue weighted by molar-refractivity contribution is 9.11. The molecule has 0 spiro atoms. The zero-order chi connectivity index (χ0) is 9.26. The van der Waals surface area contributed by atoms with E-state index in [1.54, 1.807) is 0 Å². The minimum Gasteiger partial charge on any atom is -0.339 e. The molecule has 0 saturated heterocycles. The van der Waals surface area contributed by atoms with E-state index in [4.69, 9.17) is 4.52 Å². The number of hydrogen-bond donors (Lipinski definition) is 0. The van der Waals surface area contributed by atoms with Crippen LogP contribution in [0, 0.1) is 6.92 Å². The molecule has 13 heavy (non-hydrogen) atoms. The summed E-state index contributed by atoms with van der Waals surface area (Å²) in [4.78, 5) is 4.19. The van der Waals surface area contributed by atoms with Crippen molar-refractivity contribution in [2.45, 2.75) is 19.3 Å². The second-order valence-electron chi connectivity index (χ2n) is 2.97. The molecule has 1 heterocycles. The second kappa shape index (κ2) is 3.46. The van der Waals surface area contributed by atoms with Gasteiger partial charge in [0.05, 0.1) is 5.92 Å². The summed E-state index contributed by atoms with van der Waals surface area (Å²) in [7, 11) is 0. The summed E-state index contributed by atoms with van der Waals surface area (Å²) in [5, 5.41) is 3.76. The molecule has 0 N–H and O–H groups in total. The molecule has 68 valence electrons. The van der Waals surface area contributed by atoms with Crippen LogP contribution in [0.2, 0.25) is 0 Å². The Bertz CT molecular complexity index is 367. The lowest BCUT2D eigenvalue weighted by molar-refractivity contribution is 0.364. The van der Waals surface area contributed by atoms with Gasteiger partial charge in [-0.3, -0.25) is 0 Å². The van der Waals surface area contributed by atoms with Gasteiger partial charge in [0, 0.05) is 4.48 Å². The van der Waals surface area contributed by atoms with Crippen LogP contribution in [-0.4, -0.2) is 10.1 Å². The van der Waals surface area contributed by atoms with Gasteiger partial charge in [0.25, 0.3) is 0 Å². The Balaban J connectivity index is 2.17. The lowest BCUT2D eigenvalue weighted by atomic mass is 10.0. The summed E-state index contributed by atoms with van der Waals surface area (Å²) in [5.41, 5.74) is 0. The fraction of sp³-hybridized carbons (Fsp3) is 0.333. The first-order valence-corrected chi connectivity index (χ1v) is 4.89. The third kappa shape index (κ3) is 1.88. The molecule has 1 aromatic rings. The van der Waals surface area contributed by atoms with Gasteiger partial charge < -0.3 is 4.52 Å². The summed E-state index contributed by atoms with van der Waals surface area (Å²) in [6.07, 6.45) is 7.09. The minimum absolute atomic E-state index is 0.238. The van der Waals surface area contributed by atoms with Gasteiger partial charge in [0.2, 0.25) is 5.89 Å². The molecule has 0 aliphatic heterocycles. The van der Waals surface area contributed by atoms with Gasteiger partial charge in [-0.1, -0.05) is 39.3 Å². The van der Waals surface area contributed by atoms with Crippen molar-refractivity contribution in [3.05, 3.63) is 34.4 Å². The molecule has 0 bridgehead atoms. The summed E-state index contributed by atoms with van der Waals surface area (Å²) in [6, 6.07) is 0. The maximum Gasteiger partial charge on any atom is 0.233 e. The predicted octanol–water partition coefficient (Wildman–Crippen LogP) is 2.70. The molecule has 1 aromatic heterocycles. The van der Waals surface area contributed by atoms with Gasteiger partial charge in [0.1, 0.15) is 0 Å². The first-order valence-electron chi connectivity index (χ1n) is 4.10. The SMILES string of the molecule is Cc1noc(C2C=CC(Br)=CC2)n1. The van der Waals surface area contributed by atoms with Crippen LogP contribution < -0.4 is 0 Å². The largest absolute Gasteiger partial charge is 0.339 e. The van der Waals surface area contributed by atoms with Crippen LogP contribution in [0.5, 0.6) is 0 Å². The van der Waals surface area contributed by atoms with Gasteiger partial charge in [-0.05, 0) is 13.3 Å². The second-order valence-corrected chi connectivity index (χ2v) is 3.89. The highest BCUT2D eigenvalue weighted by Crippen LogP contribution is 2.27. The van der Waals surface area contributed by atoms with E-state index >= 15 is 0 Å². The Kier molecular flexibility index (Phi) is 2.31. The number of hydrogen-bond acceptors (Lipinski definition) is 3. The van der Waals surface area contributed by atoms with E-state index in [9.17, 15) is 0 Å². The molecule has 1 atom stereocenters. The van der Waals surface area contributed by atoms with E-state index in [-0.39, 0.29) is 5.92 Å². The third-order valence-corrected chi connectivity index (χ3v) is 2.50. The molecule has 2 rings (SSSR count). The number of aromatic nitrogens is 2. The van der Waals surface area contributed by atoms with Crippen LogP contribution in [0.25, 0.3) is 0 Å². The average Bonchev–Trinajstić information content (AvgIpc) is 2.53. The molecule has 0 amide bonds. The van der Waals surface area contributed by atoms with Gasteiger partial charge >= 0.3 is 0 Å². The smallest absolute Gasteiger partial charge is 0.233 e. The van der Waals surface area contributed by atoms with E-state index in [1.807, 2.05) is 13.0 Å². The first kappa shape index (κ1) is 8.69. The van der Waals surface area contributed by atoms with Crippen molar-refractivity contribution < 1.29 is 4.52 Å². The van der Waals surface area contributed by atoms with Crippen LogP contribution in [0.3, 0.4) is 0 Å². The maximum absolute atomic E-state index is 5.08. The van der Waals surface area contributed by atoms with E-state index < -0.39 is 0 Å². The Hall–Kier alpha value is -0.900. The van der Waals surface area contributed by atoms with E-state index in [0.717, 1.165) is 10.9 Å². The molecule has 3 nitrogen and oxygen atoms in total. The van der Waals surface area contributed by atoms with Crippen LogP contribution in [0.1, 0.15) is 24.1 Å². The normalized spacial score (nSPS) is 21.7. The molecule has 4 heteroatoms. The standard InChI is InChI=1S/C9H9BrN2O/c1-6-11-9(13-12-6)7-2-4-8(10)5-3-7/h2,4-5,7H,3H2,1H3. The van der Waals surface area contributed by atoms with Crippen LogP contribution >= 0.6 is 15.9 Å². The van der Waals surface area contributed by atoms with E-state index in [0.29, 0.717) is 11.7 Å². The van der Waals surface area contributed by atoms with E-state index in [2.05, 4.69) is 38.2 Å². The molecular formula is C9H9BrN2O. The van der Waals surface area contributed by atoms with Gasteiger partial charge in [0.15, 0.2) is 5.82 Å². The Morgan fingerprint density at radius 2 is 2.46 bits per heavy atom. The highest BCUT2D eigenvalue weighted by Gasteiger charge is 2.16. The van der Waals surface area contributed by atoms with Gasteiger partial charge in [-0.15, -0.1) is 0 Å². The number of allylic oxidation sites excluding steroid dienone is 4. The minimum atomic E-state index is 0.238. The number of aryl methyl sites for hydroxylation is 1. The molecular weight excluding hydrogens is 232 g/mol. The molecule has 1 unspecified atom stereocenters. The van der Waals surface area contributed by atoms with Gasteiger partial charge in [-0.2, -0.15) is 4.98 Å². The first-order chi connectivity index (χ1) is 6.25. The average molecular weight is 241 g/mol. The van der Waals surface area contributed by atoms with Crippen LogP contribution in [-0.2, 0) is 0 Å². The van der Waals surface area contributed by atoms with Crippen molar-refractivity contribution in [1.29, 1.82) is 0 Å². The van der Waals surface area contributed by atoms with Crippen LogP contribution in [0.15, 0.2) is 27.2 Å². The van der Waals surface area contributed by atoms with Crippen molar-refractivity contribution in [2.24, 2.45) is 0 Å². The monoisotopic (exact) mass is 240 g/mol. The predicted molar refractivity (Wildman–Crippen MR) is 52.5 cm³/mol. The third-order valence-electron chi connectivity index (χ3n) is 1.92. The van der Waals surface area contributed by atoms with Crippen molar-refractivity contribution in [2.75, 3.05) is 0 Å².